The van der Waals surface area contributed by atoms with E-state index in [0.717, 1.165) is 44.6 Å². The number of halogens is 3. The Kier molecular flexibility index (Phi) is 13.1. The number of amides is 1. The highest BCUT2D eigenvalue weighted by atomic mass is 35.5. The number of nitrogens with one attached hydrogen (secondary N) is 1. The van der Waals surface area contributed by atoms with Gasteiger partial charge in [0.05, 0.1) is 6.04 Å². The average Bonchev–Trinajstić information content (AvgIpc) is 2.57. The molecule has 0 aliphatic carbocycles. The molecule has 1 aromatic carbocycles. The van der Waals surface area contributed by atoms with Crippen molar-refractivity contribution in [3.05, 3.63) is 29.3 Å². The summed E-state index contributed by atoms with van der Waals surface area (Å²) < 4.78 is 5.74. The van der Waals surface area contributed by atoms with Crippen molar-refractivity contribution in [2.45, 2.75) is 45.2 Å². The summed E-state index contributed by atoms with van der Waals surface area (Å²) in [6.07, 6.45) is 2.65. The molecular weight excluding hydrogens is 409 g/mol. The number of likely N-dealkylation sites (tertiary alicyclic amines) is 1. The molecule has 0 spiro atoms. The molecule has 0 aromatic heterocycles. The molecular formula is C19H32Cl3N3O2. The molecule has 0 radical (unpaired) electrons. The maximum Gasteiger partial charge on any atom is 0.237 e. The Morgan fingerprint density at radius 1 is 1.26 bits per heavy atom. The Bertz CT molecular complexity index is 536. The van der Waals surface area contributed by atoms with Crippen molar-refractivity contribution in [2.24, 2.45) is 11.7 Å². The zero-order valence-electron chi connectivity index (χ0n) is 16.0. The number of carbonyl (C=O) groups excluding carboxylic acids is 1. The lowest BCUT2D eigenvalue weighted by molar-refractivity contribution is -0.123. The van der Waals surface area contributed by atoms with Gasteiger partial charge >= 0.3 is 0 Å². The molecule has 1 heterocycles. The lowest BCUT2D eigenvalue weighted by Gasteiger charge is -2.32. The van der Waals surface area contributed by atoms with Gasteiger partial charge in [-0.1, -0.05) is 25.4 Å². The Labute approximate surface area is 180 Å². The van der Waals surface area contributed by atoms with Crippen molar-refractivity contribution in [3.63, 3.8) is 0 Å². The van der Waals surface area contributed by atoms with Gasteiger partial charge in [-0.15, -0.1) is 24.8 Å². The highest BCUT2D eigenvalue weighted by Gasteiger charge is 2.23. The number of carbonyl (C=O) groups is 1. The number of piperidine rings is 1. The summed E-state index contributed by atoms with van der Waals surface area (Å²) in [5.41, 5.74) is 5.95. The van der Waals surface area contributed by atoms with Crippen molar-refractivity contribution in [1.29, 1.82) is 0 Å². The van der Waals surface area contributed by atoms with Gasteiger partial charge in [-0.25, -0.2) is 0 Å². The van der Waals surface area contributed by atoms with Gasteiger partial charge in [-0.3, -0.25) is 9.69 Å². The highest BCUT2D eigenvalue weighted by Crippen LogP contribution is 2.16. The van der Waals surface area contributed by atoms with Gasteiger partial charge in [0.25, 0.3) is 0 Å². The number of nitrogens with two attached hydrogens (primary N) is 1. The van der Waals surface area contributed by atoms with Gasteiger partial charge in [0.1, 0.15) is 12.4 Å². The first kappa shape index (κ1) is 26.3. The van der Waals surface area contributed by atoms with Crippen molar-refractivity contribution in [3.8, 4) is 5.75 Å². The van der Waals surface area contributed by atoms with E-state index in [4.69, 9.17) is 22.1 Å². The molecule has 1 atom stereocenters. The predicted octanol–water partition coefficient (Wildman–Crippen LogP) is 3.52. The van der Waals surface area contributed by atoms with Crippen molar-refractivity contribution >= 4 is 42.3 Å². The fraction of sp³-hybridized carbons (Fsp3) is 0.632. The Hall–Kier alpha value is -0.720. The molecule has 27 heavy (non-hydrogen) atoms. The second kappa shape index (κ2) is 13.5. The van der Waals surface area contributed by atoms with E-state index < -0.39 is 6.04 Å². The lowest BCUT2D eigenvalue weighted by atomic mass is 10.0. The molecule has 2 rings (SSSR count). The first-order valence-electron chi connectivity index (χ1n) is 9.10. The van der Waals surface area contributed by atoms with Crippen LogP contribution in [0.5, 0.6) is 5.75 Å². The Morgan fingerprint density at radius 3 is 2.41 bits per heavy atom. The Balaban J connectivity index is 0.00000338. The normalized spacial score (nSPS) is 16.2. The fourth-order valence-electron chi connectivity index (χ4n) is 3.05. The number of hydrogen-bond acceptors (Lipinski definition) is 4. The summed E-state index contributed by atoms with van der Waals surface area (Å²) in [6.45, 7) is 7.63. The van der Waals surface area contributed by atoms with Crippen LogP contribution in [0, 0.1) is 5.92 Å². The van der Waals surface area contributed by atoms with Gasteiger partial charge < -0.3 is 15.8 Å². The maximum atomic E-state index is 12.1. The summed E-state index contributed by atoms with van der Waals surface area (Å²) in [4.78, 5) is 14.5. The molecule has 3 N–H and O–H groups in total. The molecule has 1 aliphatic rings. The summed E-state index contributed by atoms with van der Waals surface area (Å²) >= 11 is 5.86. The third-order valence-electron chi connectivity index (χ3n) is 4.49. The summed E-state index contributed by atoms with van der Waals surface area (Å²) in [5, 5.41) is 3.81. The van der Waals surface area contributed by atoms with Crippen molar-refractivity contribution in [2.75, 3.05) is 26.2 Å². The first-order chi connectivity index (χ1) is 11.9. The van der Waals surface area contributed by atoms with Gasteiger partial charge in [-0.05, 0) is 49.4 Å². The number of hydrogen-bond donors (Lipinski definition) is 2. The quantitative estimate of drug-likeness (QED) is 0.649. The van der Waals surface area contributed by atoms with Crippen LogP contribution in [0.4, 0.5) is 0 Å². The molecule has 5 nitrogen and oxygen atoms in total. The smallest absolute Gasteiger partial charge is 0.237 e. The van der Waals surface area contributed by atoms with Crippen LogP contribution in [-0.2, 0) is 4.79 Å². The predicted molar refractivity (Wildman–Crippen MR) is 116 cm³/mol. The SMILES string of the molecule is CC(C)C[C@H](N)C(=O)NC1CCN(CCOc2ccc(Cl)cc2)CC1.Cl.Cl. The lowest BCUT2D eigenvalue weighted by Crippen LogP contribution is -2.50. The minimum Gasteiger partial charge on any atom is -0.492 e. The second-order valence-electron chi connectivity index (χ2n) is 7.16. The zero-order valence-corrected chi connectivity index (χ0v) is 18.4. The van der Waals surface area contributed by atoms with Crippen LogP contribution in [0.25, 0.3) is 0 Å². The molecule has 156 valence electrons. The summed E-state index contributed by atoms with van der Waals surface area (Å²) in [6, 6.07) is 7.25. The van der Waals surface area contributed by atoms with Gasteiger partial charge in [0.2, 0.25) is 5.91 Å². The topological polar surface area (TPSA) is 67.6 Å². The number of ether oxygens (including phenoxy) is 1. The molecule has 8 heteroatoms. The van der Waals surface area contributed by atoms with Crippen LogP contribution >= 0.6 is 36.4 Å². The number of nitrogens with zero attached hydrogens (tertiary/aromatic N) is 1. The third kappa shape index (κ3) is 9.86. The molecule has 1 saturated heterocycles. The van der Waals surface area contributed by atoms with E-state index in [1.807, 2.05) is 24.3 Å². The molecule has 0 saturated carbocycles. The van der Waals surface area contributed by atoms with Crippen molar-refractivity contribution < 1.29 is 9.53 Å². The van der Waals surface area contributed by atoms with Gasteiger partial charge in [0.15, 0.2) is 0 Å². The van der Waals surface area contributed by atoms with Crippen molar-refractivity contribution in [1.82, 2.24) is 10.2 Å². The number of rotatable bonds is 8. The zero-order chi connectivity index (χ0) is 18.2. The van der Waals surface area contributed by atoms with E-state index in [9.17, 15) is 4.79 Å². The average molecular weight is 441 g/mol. The van der Waals surface area contributed by atoms with Crippen LogP contribution in [0.3, 0.4) is 0 Å². The molecule has 1 amide bonds. The molecule has 0 bridgehead atoms. The van der Waals surface area contributed by atoms with Gasteiger partial charge in [0, 0.05) is 30.7 Å². The van der Waals surface area contributed by atoms with E-state index in [-0.39, 0.29) is 36.8 Å². The largest absolute Gasteiger partial charge is 0.492 e. The first-order valence-corrected chi connectivity index (χ1v) is 9.48. The minimum atomic E-state index is -0.397. The Morgan fingerprint density at radius 2 is 1.85 bits per heavy atom. The third-order valence-corrected chi connectivity index (χ3v) is 4.74. The van der Waals surface area contributed by atoms with Crippen LogP contribution in [0.15, 0.2) is 24.3 Å². The maximum absolute atomic E-state index is 12.1. The molecule has 0 unspecified atom stereocenters. The monoisotopic (exact) mass is 439 g/mol. The summed E-state index contributed by atoms with van der Waals surface area (Å²) in [7, 11) is 0. The standard InChI is InChI=1S/C19H30ClN3O2.2ClH/c1-14(2)13-18(21)19(24)22-16-7-9-23(10-8-16)11-12-25-17-5-3-15(20)4-6-17;;/h3-6,14,16,18H,7-13,21H2,1-2H3,(H,22,24);2*1H/t18-;;/m0../s1. The highest BCUT2D eigenvalue weighted by molar-refractivity contribution is 6.30. The van der Waals surface area contributed by atoms with Gasteiger partial charge in [-0.2, -0.15) is 0 Å². The molecule has 1 aromatic rings. The molecule has 1 fully saturated rings. The van der Waals surface area contributed by atoms with Crippen LogP contribution in [0.2, 0.25) is 5.02 Å². The minimum absolute atomic E-state index is 0. The number of benzene rings is 1. The van der Waals surface area contributed by atoms with Crippen LogP contribution < -0.4 is 15.8 Å². The fourth-order valence-corrected chi connectivity index (χ4v) is 3.17. The van der Waals surface area contributed by atoms with Crippen LogP contribution in [0.1, 0.15) is 33.1 Å². The second-order valence-corrected chi connectivity index (χ2v) is 7.60. The van der Waals surface area contributed by atoms with E-state index in [1.54, 1.807) is 0 Å². The van der Waals surface area contributed by atoms with E-state index in [0.29, 0.717) is 17.5 Å². The summed E-state index contributed by atoms with van der Waals surface area (Å²) in [5.74, 6) is 1.26. The van der Waals surface area contributed by atoms with E-state index in [1.165, 1.54) is 0 Å². The van der Waals surface area contributed by atoms with E-state index in [2.05, 4.69) is 24.1 Å². The van der Waals surface area contributed by atoms with E-state index >= 15 is 0 Å². The molecule has 1 aliphatic heterocycles. The van der Waals surface area contributed by atoms with Crippen LogP contribution in [-0.4, -0.2) is 49.1 Å².